The largest absolute Gasteiger partial charge is 0.492 e. The second-order valence-corrected chi connectivity index (χ2v) is 6.64. The van der Waals surface area contributed by atoms with Gasteiger partial charge in [-0.3, -0.25) is 20.0 Å². The van der Waals surface area contributed by atoms with Crippen LogP contribution < -0.4 is 4.74 Å². The quantitative estimate of drug-likeness (QED) is 0.617. The smallest absolute Gasteiger partial charge is 0.251 e. The lowest BCUT2D eigenvalue weighted by Crippen LogP contribution is -2.47. The molecule has 3 aliphatic heterocycles. The number of hydrogen-bond acceptors (Lipinski definition) is 5. The molecule has 0 saturated carbocycles. The van der Waals surface area contributed by atoms with Crippen LogP contribution in [0.25, 0.3) is 0 Å². The lowest BCUT2D eigenvalue weighted by Gasteiger charge is -2.40. The third-order valence-corrected chi connectivity index (χ3v) is 5.35. The molecule has 1 fully saturated rings. The topological polar surface area (TPSA) is 68.0 Å². The average molecular weight is 331 g/mol. The Hall–Kier alpha value is -2.28. The third-order valence-electron chi connectivity index (χ3n) is 5.35. The zero-order chi connectivity index (χ0) is 16.7. The number of piperidine rings is 1. The number of hydrogen-bond donors (Lipinski definition) is 0. The fourth-order valence-corrected chi connectivity index (χ4v) is 3.91. The van der Waals surface area contributed by atoms with E-state index in [1.165, 1.54) is 24.4 Å². The molecule has 3 heterocycles. The molecule has 1 atom stereocenters. The summed E-state index contributed by atoms with van der Waals surface area (Å²) in [5.41, 5.74) is 1.22. The lowest BCUT2D eigenvalue weighted by molar-refractivity contribution is -0.428. The molecule has 1 unspecified atom stereocenters. The Balaban J connectivity index is 1.46. The van der Waals surface area contributed by atoms with Crippen molar-refractivity contribution < 1.29 is 14.1 Å². The van der Waals surface area contributed by atoms with Crippen molar-refractivity contribution in [1.29, 1.82) is 0 Å². The summed E-state index contributed by atoms with van der Waals surface area (Å²) in [6.45, 7) is 2.17. The molecule has 7 heteroatoms. The molecule has 0 radical (unpaired) electrons. The van der Waals surface area contributed by atoms with Crippen molar-refractivity contribution in [1.82, 2.24) is 4.90 Å². The van der Waals surface area contributed by atoms with Gasteiger partial charge in [-0.2, -0.15) is 0 Å². The van der Waals surface area contributed by atoms with Crippen molar-refractivity contribution in [2.24, 2.45) is 4.99 Å². The minimum Gasteiger partial charge on any atom is -0.492 e. The maximum absolute atomic E-state index is 13.4. The van der Waals surface area contributed by atoms with Crippen LogP contribution in [0, 0.1) is 15.9 Å². The Bertz CT molecular complexity index is 739. The average Bonchev–Trinajstić information content (AvgIpc) is 2.93. The van der Waals surface area contributed by atoms with Crippen LogP contribution in [0.3, 0.4) is 0 Å². The molecular weight excluding hydrogens is 313 g/mol. The van der Waals surface area contributed by atoms with Crippen molar-refractivity contribution in [3.8, 4) is 5.75 Å². The Labute approximate surface area is 138 Å². The van der Waals surface area contributed by atoms with Crippen LogP contribution in [-0.4, -0.2) is 41.9 Å². The van der Waals surface area contributed by atoms with Gasteiger partial charge in [0.05, 0.1) is 18.0 Å². The van der Waals surface area contributed by atoms with Gasteiger partial charge in [-0.05, 0) is 18.9 Å². The molecule has 0 aromatic heterocycles. The Morgan fingerprint density at radius 1 is 1.38 bits per heavy atom. The van der Waals surface area contributed by atoms with Crippen LogP contribution in [0.15, 0.2) is 35.0 Å². The molecule has 1 aromatic rings. The first-order valence-electron chi connectivity index (χ1n) is 8.11. The standard InChI is InChI=1S/C17H18FN3O3/c18-12-1-2-14-15(9-12)24-11-17(14)4-7-20(8-5-17)16-10-13(21(22)23)3-6-19-16/h1-3,6,9,16H,4-5,7-8,10-11H2. The highest BCUT2D eigenvalue weighted by atomic mass is 19.1. The molecule has 0 amide bonds. The van der Waals surface area contributed by atoms with Gasteiger partial charge >= 0.3 is 0 Å². The van der Waals surface area contributed by atoms with Gasteiger partial charge in [0.1, 0.15) is 17.7 Å². The summed E-state index contributed by atoms with van der Waals surface area (Å²) in [6, 6.07) is 4.77. The van der Waals surface area contributed by atoms with Gasteiger partial charge in [0.2, 0.25) is 0 Å². The van der Waals surface area contributed by atoms with Crippen molar-refractivity contribution in [2.45, 2.75) is 30.8 Å². The van der Waals surface area contributed by atoms with Crippen molar-refractivity contribution in [2.75, 3.05) is 19.7 Å². The minimum absolute atomic E-state index is 0.0698. The van der Waals surface area contributed by atoms with Crippen LogP contribution in [0.5, 0.6) is 5.75 Å². The number of halogens is 1. The summed E-state index contributed by atoms with van der Waals surface area (Å²) < 4.78 is 19.1. The van der Waals surface area contributed by atoms with E-state index in [4.69, 9.17) is 4.74 Å². The molecule has 0 N–H and O–H groups in total. The predicted molar refractivity (Wildman–Crippen MR) is 86.4 cm³/mol. The van der Waals surface area contributed by atoms with E-state index in [9.17, 15) is 14.5 Å². The van der Waals surface area contributed by atoms with E-state index in [0.717, 1.165) is 31.5 Å². The van der Waals surface area contributed by atoms with E-state index in [1.54, 1.807) is 0 Å². The molecule has 6 nitrogen and oxygen atoms in total. The van der Waals surface area contributed by atoms with Crippen LogP contribution >= 0.6 is 0 Å². The molecular formula is C17H18FN3O3. The first-order chi connectivity index (χ1) is 11.6. The van der Waals surface area contributed by atoms with Crippen molar-refractivity contribution >= 4 is 6.21 Å². The number of benzene rings is 1. The molecule has 1 aromatic carbocycles. The fraction of sp³-hybridized carbons (Fsp3) is 0.471. The highest BCUT2D eigenvalue weighted by molar-refractivity contribution is 5.72. The molecule has 0 bridgehead atoms. The Kier molecular flexibility index (Phi) is 3.60. The predicted octanol–water partition coefficient (Wildman–Crippen LogP) is 2.51. The van der Waals surface area contributed by atoms with Crippen LogP contribution in [0.2, 0.25) is 0 Å². The first kappa shape index (κ1) is 15.3. The lowest BCUT2D eigenvalue weighted by atomic mass is 9.74. The normalized spacial score (nSPS) is 25.2. The van der Waals surface area contributed by atoms with E-state index < -0.39 is 0 Å². The van der Waals surface area contributed by atoms with E-state index in [0.29, 0.717) is 18.8 Å². The van der Waals surface area contributed by atoms with Gasteiger partial charge in [-0.25, -0.2) is 4.39 Å². The van der Waals surface area contributed by atoms with E-state index in [1.807, 2.05) is 6.07 Å². The van der Waals surface area contributed by atoms with Gasteiger partial charge in [-0.1, -0.05) is 6.07 Å². The minimum atomic E-state index is -0.334. The number of nitrogens with zero attached hydrogens (tertiary/aromatic N) is 3. The SMILES string of the molecule is O=[N+]([O-])C1=CC=NC(N2CCC3(CC2)COc2cc(F)ccc23)C1. The summed E-state index contributed by atoms with van der Waals surface area (Å²) in [6.07, 6.45) is 4.95. The molecule has 4 rings (SSSR count). The van der Waals surface area contributed by atoms with Crippen LogP contribution in [0.4, 0.5) is 4.39 Å². The van der Waals surface area contributed by atoms with E-state index in [2.05, 4.69) is 9.89 Å². The van der Waals surface area contributed by atoms with Crippen molar-refractivity contribution in [3.05, 3.63) is 51.5 Å². The zero-order valence-corrected chi connectivity index (χ0v) is 13.2. The Morgan fingerprint density at radius 2 is 2.17 bits per heavy atom. The monoisotopic (exact) mass is 331 g/mol. The summed E-state index contributed by atoms with van der Waals surface area (Å²) in [5.74, 6) is 0.372. The first-order valence-corrected chi connectivity index (χ1v) is 8.11. The van der Waals surface area contributed by atoms with Gasteiger partial charge in [0, 0.05) is 42.4 Å². The summed E-state index contributed by atoms with van der Waals surface area (Å²) in [5, 5.41) is 11.0. The highest BCUT2D eigenvalue weighted by Crippen LogP contribution is 2.46. The highest BCUT2D eigenvalue weighted by Gasteiger charge is 2.44. The fourth-order valence-electron chi connectivity index (χ4n) is 3.91. The zero-order valence-electron chi connectivity index (χ0n) is 13.2. The second kappa shape index (κ2) is 5.66. The molecule has 3 aliphatic rings. The number of fused-ring (bicyclic) bond motifs is 2. The second-order valence-electron chi connectivity index (χ2n) is 6.64. The third kappa shape index (κ3) is 2.49. The Morgan fingerprint density at radius 3 is 2.92 bits per heavy atom. The molecule has 1 spiro atoms. The van der Waals surface area contributed by atoms with E-state index in [-0.39, 0.29) is 28.0 Å². The number of likely N-dealkylation sites (tertiary alicyclic amines) is 1. The number of dihydropyridines is 1. The number of allylic oxidation sites excluding steroid dienone is 1. The summed E-state index contributed by atoms with van der Waals surface area (Å²) in [7, 11) is 0. The van der Waals surface area contributed by atoms with Gasteiger partial charge < -0.3 is 4.74 Å². The van der Waals surface area contributed by atoms with Crippen LogP contribution in [-0.2, 0) is 5.41 Å². The van der Waals surface area contributed by atoms with E-state index >= 15 is 0 Å². The summed E-state index contributed by atoms with van der Waals surface area (Å²) >= 11 is 0. The molecule has 1 saturated heterocycles. The number of ether oxygens (including phenoxy) is 1. The number of rotatable bonds is 2. The van der Waals surface area contributed by atoms with Gasteiger partial charge in [0.25, 0.3) is 5.70 Å². The maximum Gasteiger partial charge on any atom is 0.251 e. The summed E-state index contributed by atoms with van der Waals surface area (Å²) in [4.78, 5) is 17.2. The molecule has 24 heavy (non-hydrogen) atoms. The number of aliphatic imine (C=N–C) groups is 1. The maximum atomic E-state index is 13.4. The van der Waals surface area contributed by atoms with Gasteiger partial charge in [-0.15, -0.1) is 0 Å². The molecule has 126 valence electrons. The number of nitro groups is 1. The van der Waals surface area contributed by atoms with Crippen molar-refractivity contribution in [3.63, 3.8) is 0 Å². The van der Waals surface area contributed by atoms with Gasteiger partial charge in [0.15, 0.2) is 0 Å². The van der Waals surface area contributed by atoms with Crippen LogP contribution in [0.1, 0.15) is 24.8 Å². The molecule has 0 aliphatic carbocycles.